The molecule has 0 saturated carbocycles. The largest absolute Gasteiger partial charge is 0.870 e. The SMILES string of the molecule is C.O=C(O)c1ccc(C(c2ccc(C(=O)O)c(C(=O)O)c2)(C(F)(F)F)C(F)(F)F)cc1C(=O)O.O=C1OC(=O)c2cc(C(c3ccc4c(c3)C(=O)OC4=O)(C(F)(F)F)C(F)(F)F)ccc21.[OH-]. The molecule has 4 aromatic carbocycles. The van der Waals surface area contributed by atoms with Crippen LogP contribution < -0.4 is 0 Å². The molecule has 0 radical (unpaired) electrons. The molecule has 66 heavy (non-hydrogen) atoms. The summed E-state index contributed by atoms with van der Waals surface area (Å²) in [5.74, 6) is -13.4. The van der Waals surface area contributed by atoms with Gasteiger partial charge in [0.2, 0.25) is 10.8 Å². The number of ether oxygens (including phenoxy) is 2. The number of carboxylic acid groups (broad SMARTS) is 4. The normalized spacial score (nSPS) is 13.8. The van der Waals surface area contributed by atoms with Gasteiger partial charge in [0.1, 0.15) is 0 Å². The van der Waals surface area contributed by atoms with Crippen molar-refractivity contribution >= 4 is 47.8 Å². The van der Waals surface area contributed by atoms with Crippen LogP contribution in [0.4, 0.5) is 52.7 Å². The average molecular weight is 958 g/mol. The van der Waals surface area contributed by atoms with Crippen LogP contribution in [0.5, 0.6) is 0 Å². The zero-order valence-electron chi connectivity index (χ0n) is 30.8. The second-order valence-corrected chi connectivity index (χ2v) is 13.1. The molecule has 2 aliphatic rings. The summed E-state index contributed by atoms with van der Waals surface area (Å²) in [6, 6.07) is 3.01. The number of benzene rings is 4. The van der Waals surface area contributed by atoms with Crippen LogP contribution in [-0.2, 0) is 20.3 Å². The highest BCUT2D eigenvalue weighted by Gasteiger charge is 2.74. The van der Waals surface area contributed by atoms with E-state index in [0.717, 1.165) is 0 Å². The Bertz CT molecular complexity index is 2550. The molecule has 6 rings (SSSR count). The van der Waals surface area contributed by atoms with Gasteiger partial charge in [-0.3, -0.25) is 0 Å². The summed E-state index contributed by atoms with van der Waals surface area (Å²) in [6.45, 7) is 0. The highest BCUT2D eigenvalue weighted by Crippen LogP contribution is 2.58. The molecule has 0 fully saturated rings. The zero-order chi connectivity index (χ0) is 48.4. The van der Waals surface area contributed by atoms with Crippen molar-refractivity contribution in [3.8, 4) is 0 Å². The molecule has 27 heteroatoms. The first-order chi connectivity index (χ1) is 29.2. The van der Waals surface area contributed by atoms with E-state index in [9.17, 15) is 91.0 Å². The zero-order valence-corrected chi connectivity index (χ0v) is 30.8. The lowest BCUT2D eigenvalue weighted by Crippen LogP contribution is -2.55. The quantitative estimate of drug-likeness (QED) is 0.0739. The maximum Gasteiger partial charge on any atom is 0.411 e. The molecular weight excluding hydrogens is 936 g/mol. The Morgan fingerprint density at radius 3 is 0.833 bits per heavy atom. The fourth-order valence-corrected chi connectivity index (χ4v) is 6.88. The van der Waals surface area contributed by atoms with E-state index in [-0.39, 0.29) is 61.4 Å². The van der Waals surface area contributed by atoms with Crippen LogP contribution in [0.15, 0.2) is 72.8 Å². The molecule has 0 aromatic heterocycles. The number of carbonyl (C=O) groups excluding carboxylic acids is 4. The lowest BCUT2D eigenvalue weighted by Gasteiger charge is -2.38. The topological polar surface area (TPSA) is 266 Å². The lowest BCUT2D eigenvalue weighted by molar-refractivity contribution is -0.290. The van der Waals surface area contributed by atoms with Crippen LogP contribution in [0.3, 0.4) is 0 Å². The second-order valence-electron chi connectivity index (χ2n) is 13.1. The molecular formula is C39H21F12O15-. The van der Waals surface area contributed by atoms with Gasteiger partial charge in [-0.15, -0.1) is 0 Å². The molecule has 352 valence electrons. The fourth-order valence-electron chi connectivity index (χ4n) is 6.88. The summed E-state index contributed by atoms with van der Waals surface area (Å²) >= 11 is 0. The van der Waals surface area contributed by atoms with Crippen molar-refractivity contribution in [1.29, 1.82) is 0 Å². The molecule has 0 saturated heterocycles. The van der Waals surface area contributed by atoms with E-state index in [2.05, 4.69) is 9.47 Å². The lowest BCUT2D eigenvalue weighted by atomic mass is 9.71. The van der Waals surface area contributed by atoms with Gasteiger partial charge in [0.05, 0.1) is 44.5 Å². The number of esters is 4. The van der Waals surface area contributed by atoms with Gasteiger partial charge < -0.3 is 35.4 Å². The maximum atomic E-state index is 14.2. The van der Waals surface area contributed by atoms with Crippen molar-refractivity contribution < 1.29 is 126 Å². The number of hydrogen-bond donors (Lipinski definition) is 4. The standard InChI is InChI=1S/C19H10F6O8.C19H6F6O6.CH4.H2O/c20-18(21,22)17(19(23,24)25,7-1-3-9(13(26)27)11(5-7)15(30)31)8-2-4-10(14(28)29)12(6-8)16(32)33;20-18(21,22)17(19(23,24)25,7-1-3-9-11(5-7)15(28)30-13(9)26)8-2-4-10-12(6-8)16(29)31-14(10)27;;/h1-6H,(H,26,27)(H,28,29)(H,30,31)(H,32,33);1-6H;1H4;1H2/p-1. The fraction of sp³-hybridized carbons (Fsp3) is 0.179. The van der Waals surface area contributed by atoms with E-state index in [1.54, 1.807) is 0 Å². The highest BCUT2D eigenvalue weighted by atomic mass is 19.4. The molecule has 0 spiro atoms. The molecule has 0 bridgehead atoms. The summed E-state index contributed by atoms with van der Waals surface area (Å²) in [7, 11) is 0. The summed E-state index contributed by atoms with van der Waals surface area (Å²) in [4.78, 5) is 91.4. The number of fused-ring (bicyclic) bond motifs is 2. The first-order valence-electron chi connectivity index (χ1n) is 16.6. The van der Waals surface area contributed by atoms with E-state index in [1.165, 1.54) is 0 Å². The smallest absolute Gasteiger partial charge is 0.411 e. The Balaban J connectivity index is 0.000000340. The van der Waals surface area contributed by atoms with Gasteiger partial charge >= 0.3 is 72.5 Å². The van der Waals surface area contributed by atoms with E-state index in [0.29, 0.717) is 24.3 Å². The third-order valence-electron chi connectivity index (χ3n) is 9.68. The summed E-state index contributed by atoms with van der Waals surface area (Å²) in [5, 5.41) is 36.2. The van der Waals surface area contributed by atoms with Gasteiger partial charge in [0.25, 0.3) is 0 Å². The van der Waals surface area contributed by atoms with Gasteiger partial charge in [-0.2, -0.15) is 52.7 Å². The first kappa shape index (κ1) is 52.5. The Morgan fingerprint density at radius 2 is 0.591 bits per heavy atom. The molecule has 0 unspecified atom stereocenters. The molecule has 0 atom stereocenters. The number of aromatic carboxylic acids is 4. The summed E-state index contributed by atoms with van der Waals surface area (Å²) in [5.41, 5.74) is -23.7. The minimum atomic E-state index is -6.27. The van der Waals surface area contributed by atoms with Gasteiger partial charge in [-0.25, -0.2) is 38.4 Å². The molecule has 0 aliphatic carbocycles. The molecule has 2 aliphatic heterocycles. The summed E-state index contributed by atoms with van der Waals surface area (Å²) < 4.78 is 179. The van der Waals surface area contributed by atoms with E-state index < -0.39 is 150 Å². The van der Waals surface area contributed by atoms with Gasteiger partial charge in [-0.05, 0) is 70.8 Å². The minimum absolute atomic E-state index is 0. The van der Waals surface area contributed by atoms with Crippen LogP contribution in [0.1, 0.15) is 113 Å². The third kappa shape index (κ3) is 8.22. The molecule has 15 nitrogen and oxygen atoms in total. The van der Waals surface area contributed by atoms with E-state index >= 15 is 0 Å². The Morgan fingerprint density at radius 1 is 0.364 bits per heavy atom. The van der Waals surface area contributed by atoms with Crippen molar-refractivity contribution in [2.75, 3.05) is 0 Å². The maximum absolute atomic E-state index is 14.2. The average Bonchev–Trinajstić information content (AvgIpc) is 3.60. The number of cyclic esters (lactones) is 4. The van der Waals surface area contributed by atoms with Gasteiger partial charge in [0.15, 0.2) is 0 Å². The van der Waals surface area contributed by atoms with Gasteiger partial charge in [-0.1, -0.05) is 31.7 Å². The number of hydrogen-bond acceptors (Lipinski definition) is 11. The molecule has 0 amide bonds. The van der Waals surface area contributed by atoms with Crippen molar-refractivity contribution in [1.82, 2.24) is 0 Å². The van der Waals surface area contributed by atoms with Crippen molar-refractivity contribution in [3.63, 3.8) is 0 Å². The third-order valence-corrected chi connectivity index (χ3v) is 9.68. The first-order valence-corrected chi connectivity index (χ1v) is 16.6. The van der Waals surface area contributed by atoms with Crippen LogP contribution in [0, 0.1) is 0 Å². The second kappa shape index (κ2) is 17.3. The predicted octanol–water partition coefficient (Wildman–Crippen LogP) is 8.07. The molecule has 2 heterocycles. The van der Waals surface area contributed by atoms with Crippen molar-refractivity contribution in [3.05, 3.63) is 140 Å². The van der Waals surface area contributed by atoms with E-state index in [1.807, 2.05) is 0 Å². The van der Waals surface area contributed by atoms with Crippen LogP contribution >= 0.6 is 0 Å². The van der Waals surface area contributed by atoms with E-state index in [4.69, 9.17) is 20.4 Å². The monoisotopic (exact) mass is 957 g/mol. The predicted molar refractivity (Wildman–Crippen MR) is 188 cm³/mol. The van der Waals surface area contributed by atoms with Crippen LogP contribution in [-0.4, -0.2) is 98.4 Å². The number of rotatable bonds is 8. The van der Waals surface area contributed by atoms with Gasteiger partial charge in [0, 0.05) is 0 Å². The number of carboxylic acids is 4. The Labute approximate surface area is 356 Å². The van der Waals surface area contributed by atoms with Crippen LogP contribution in [0.2, 0.25) is 0 Å². The Hall–Kier alpha value is -7.84. The minimum Gasteiger partial charge on any atom is -0.870 e. The van der Waals surface area contributed by atoms with Crippen LogP contribution in [0.25, 0.3) is 0 Å². The number of alkyl halides is 12. The molecule has 5 N–H and O–H groups in total. The number of carbonyl (C=O) groups is 8. The Kier molecular flexibility index (Phi) is 13.7. The highest BCUT2D eigenvalue weighted by molar-refractivity contribution is 6.15. The van der Waals surface area contributed by atoms with Crippen molar-refractivity contribution in [2.24, 2.45) is 0 Å². The molecule has 4 aromatic rings. The van der Waals surface area contributed by atoms with Crippen molar-refractivity contribution in [2.45, 2.75) is 43.0 Å². The number of halogens is 12. The summed E-state index contributed by atoms with van der Waals surface area (Å²) in [6.07, 6.45) is -24.6.